The summed E-state index contributed by atoms with van der Waals surface area (Å²) in [5, 5.41) is 12.3. The lowest BCUT2D eigenvalue weighted by Gasteiger charge is -2.13. The van der Waals surface area contributed by atoms with Crippen LogP contribution in [0.5, 0.6) is 0 Å². The van der Waals surface area contributed by atoms with E-state index in [9.17, 15) is 5.11 Å². The molecule has 1 N–H and O–H groups in total. The van der Waals surface area contributed by atoms with E-state index >= 15 is 0 Å². The zero-order valence-corrected chi connectivity index (χ0v) is 11.7. The van der Waals surface area contributed by atoms with Crippen LogP contribution in [0.25, 0.3) is 0 Å². The zero-order valence-electron chi connectivity index (χ0n) is 10.8. The summed E-state index contributed by atoms with van der Waals surface area (Å²) in [6.45, 7) is 0.939. The van der Waals surface area contributed by atoms with E-state index in [0.29, 0.717) is 6.42 Å². The second kappa shape index (κ2) is 6.14. The number of nitrogens with zero attached hydrogens (tertiary/aromatic N) is 1. The van der Waals surface area contributed by atoms with E-state index in [4.69, 9.17) is 0 Å². The van der Waals surface area contributed by atoms with Crippen LogP contribution in [0.15, 0.2) is 41.8 Å². The summed E-state index contributed by atoms with van der Waals surface area (Å²) in [7, 11) is 4.13. The van der Waals surface area contributed by atoms with Gasteiger partial charge in [0.05, 0.1) is 6.10 Å². The first kappa shape index (κ1) is 13.3. The maximum atomic E-state index is 10.2. The molecule has 1 heterocycles. The molecular weight excluding hydrogens is 242 g/mol. The van der Waals surface area contributed by atoms with Crippen LogP contribution >= 0.6 is 11.3 Å². The monoisotopic (exact) mass is 261 g/mol. The minimum absolute atomic E-state index is 0.415. The number of thiophene rings is 1. The maximum Gasteiger partial charge on any atom is 0.0830 e. The molecule has 18 heavy (non-hydrogen) atoms. The molecule has 2 nitrogen and oxygen atoms in total. The molecule has 2 rings (SSSR count). The molecule has 96 valence electrons. The van der Waals surface area contributed by atoms with E-state index < -0.39 is 6.10 Å². The highest BCUT2D eigenvalue weighted by molar-refractivity contribution is 7.10. The Bertz CT molecular complexity index is 478. The van der Waals surface area contributed by atoms with E-state index in [1.54, 1.807) is 11.3 Å². The summed E-state index contributed by atoms with van der Waals surface area (Å²) in [5.74, 6) is 0. The molecule has 0 bridgehead atoms. The van der Waals surface area contributed by atoms with Gasteiger partial charge in [-0.25, -0.2) is 0 Å². The molecule has 0 aliphatic rings. The van der Waals surface area contributed by atoms with Crippen LogP contribution in [0, 0.1) is 0 Å². The lowest BCUT2D eigenvalue weighted by Crippen LogP contribution is -2.11. The molecule has 0 aliphatic carbocycles. The van der Waals surface area contributed by atoms with Crippen LogP contribution in [-0.2, 0) is 13.0 Å². The van der Waals surface area contributed by atoms with Crippen molar-refractivity contribution in [3.63, 3.8) is 0 Å². The van der Waals surface area contributed by atoms with E-state index in [-0.39, 0.29) is 0 Å². The van der Waals surface area contributed by atoms with Gasteiger partial charge in [-0.1, -0.05) is 30.3 Å². The van der Waals surface area contributed by atoms with Crippen molar-refractivity contribution in [1.82, 2.24) is 4.90 Å². The molecular formula is C15H19NOS. The number of rotatable bonds is 5. The van der Waals surface area contributed by atoms with Gasteiger partial charge in [-0.15, -0.1) is 11.3 Å². The molecule has 2 aromatic rings. The van der Waals surface area contributed by atoms with Gasteiger partial charge in [-0.2, -0.15) is 0 Å². The van der Waals surface area contributed by atoms with Crippen LogP contribution < -0.4 is 0 Å². The number of aliphatic hydroxyl groups excluding tert-OH is 1. The predicted octanol–water partition coefficient (Wildman–Crippen LogP) is 3.09. The van der Waals surface area contributed by atoms with Gasteiger partial charge in [0.1, 0.15) is 0 Å². The third-order valence-corrected chi connectivity index (χ3v) is 3.84. The summed E-state index contributed by atoms with van der Waals surface area (Å²) in [4.78, 5) is 3.50. The molecule has 3 heteroatoms. The molecule has 0 radical (unpaired) electrons. The molecule has 0 saturated heterocycles. The summed E-state index contributed by atoms with van der Waals surface area (Å²) < 4.78 is 0. The highest BCUT2D eigenvalue weighted by atomic mass is 32.1. The van der Waals surface area contributed by atoms with Crippen LogP contribution in [-0.4, -0.2) is 24.1 Å². The van der Waals surface area contributed by atoms with Gasteiger partial charge in [0.2, 0.25) is 0 Å². The number of aliphatic hydroxyl groups is 1. The molecule has 0 amide bonds. The predicted molar refractivity (Wildman–Crippen MR) is 76.8 cm³/mol. The standard InChI is InChI=1S/C15H19NOS/c1-16(2)11-15-13(8-9-18-15)10-14(17)12-6-4-3-5-7-12/h3-9,14,17H,10-11H2,1-2H3. The molecule has 1 aromatic carbocycles. The first-order valence-corrected chi connectivity index (χ1v) is 6.98. The fraction of sp³-hybridized carbons (Fsp3) is 0.333. The van der Waals surface area contributed by atoms with E-state index in [2.05, 4.69) is 30.4 Å². The van der Waals surface area contributed by atoms with Crippen molar-refractivity contribution in [2.45, 2.75) is 19.1 Å². The van der Waals surface area contributed by atoms with Gasteiger partial charge < -0.3 is 10.0 Å². The second-order valence-electron chi connectivity index (χ2n) is 4.74. The Morgan fingerprint density at radius 2 is 1.89 bits per heavy atom. The SMILES string of the molecule is CN(C)Cc1sccc1CC(O)c1ccccc1. The van der Waals surface area contributed by atoms with Crippen molar-refractivity contribution in [2.24, 2.45) is 0 Å². The van der Waals surface area contributed by atoms with Crippen molar-refractivity contribution in [3.05, 3.63) is 57.8 Å². The van der Waals surface area contributed by atoms with Crippen LogP contribution in [0.2, 0.25) is 0 Å². The van der Waals surface area contributed by atoms with Crippen molar-refractivity contribution in [1.29, 1.82) is 0 Å². The van der Waals surface area contributed by atoms with Crippen molar-refractivity contribution >= 4 is 11.3 Å². The molecule has 1 unspecified atom stereocenters. The number of hydrogen-bond acceptors (Lipinski definition) is 3. The average molecular weight is 261 g/mol. The third-order valence-electron chi connectivity index (χ3n) is 2.90. The van der Waals surface area contributed by atoms with Crippen LogP contribution in [0.4, 0.5) is 0 Å². The minimum atomic E-state index is -0.415. The Hall–Kier alpha value is -1.16. The quantitative estimate of drug-likeness (QED) is 0.894. The lowest BCUT2D eigenvalue weighted by atomic mass is 10.0. The van der Waals surface area contributed by atoms with E-state index in [1.165, 1.54) is 10.4 Å². The van der Waals surface area contributed by atoms with Crippen molar-refractivity contribution in [3.8, 4) is 0 Å². The molecule has 0 saturated carbocycles. The Balaban J connectivity index is 2.08. The topological polar surface area (TPSA) is 23.5 Å². The highest BCUT2D eigenvalue weighted by Crippen LogP contribution is 2.24. The Labute approximate surface area is 113 Å². The van der Waals surface area contributed by atoms with E-state index in [1.807, 2.05) is 30.3 Å². The summed E-state index contributed by atoms with van der Waals surface area (Å²) in [6.07, 6.45) is 0.276. The largest absolute Gasteiger partial charge is 0.388 e. The Kier molecular flexibility index (Phi) is 4.53. The van der Waals surface area contributed by atoms with Gasteiger partial charge in [0.15, 0.2) is 0 Å². The first-order valence-electron chi connectivity index (χ1n) is 6.10. The second-order valence-corrected chi connectivity index (χ2v) is 5.74. The fourth-order valence-corrected chi connectivity index (χ4v) is 3.01. The molecule has 1 aromatic heterocycles. The van der Waals surface area contributed by atoms with Gasteiger partial charge in [-0.05, 0) is 36.7 Å². The molecule has 1 atom stereocenters. The first-order chi connectivity index (χ1) is 8.66. The van der Waals surface area contributed by atoms with Crippen LogP contribution in [0.1, 0.15) is 22.1 Å². The van der Waals surface area contributed by atoms with Crippen molar-refractivity contribution in [2.75, 3.05) is 14.1 Å². The Morgan fingerprint density at radius 3 is 2.56 bits per heavy atom. The summed E-state index contributed by atoms with van der Waals surface area (Å²) >= 11 is 1.76. The van der Waals surface area contributed by atoms with Gasteiger partial charge in [-0.3, -0.25) is 0 Å². The number of hydrogen-bond donors (Lipinski definition) is 1. The smallest absolute Gasteiger partial charge is 0.0830 e. The normalized spacial score (nSPS) is 12.9. The fourth-order valence-electron chi connectivity index (χ4n) is 1.98. The van der Waals surface area contributed by atoms with Gasteiger partial charge in [0.25, 0.3) is 0 Å². The third kappa shape index (κ3) is 3.42. The average Bonchev–Trinajstić information content (AvgIpc) is 2.77. The van der Waals surface area contributed by atoms with Crippen molar-refractivity contribution < 1.29 is 5.11 Å². The summed E-state index contributed by atoms with van der Waals surface area (Å²) in [5.41, 5.74) is 2.24. The number of benzene rings is 1. The van der Waals surface area contributed by atoms with Gasteiger partial charge >= 0.3 is 0 Å². The van der Waals surface area contributed by atoms with E-state index in [0.717, 1.165) is 12.1 Å². The highest BCUT2D eigenvalue weighted by Gasteiger charge is 2.12. The molecule has 0 fully saturated rings. The maximum absolute atomic E-state index is 10.2. The van der Waals surface area contributed by atoms with Gasteiger partial charge in [0, 0.05) is 17.8 Å². The molecule has 0 aliphatic heterocycles. The summed E-state index contributed by atoms with van der Waals surface area (Å²) in [6, 6.07) is 12.0. The van der Waals surface area contributed by atoms with Crippen LogP contribution in [0.3, 0.4) is 0 Å². The zero-order chi connectivity index (χ0) is 13.0. The molecule has 0 spiro atoms. The minimum Gasteiger partial charge on any atom is -0.388 e. The Morgan fingerprint density at radius 1 is 1.17 bits per heavy atom. The lowest BCUT2D eigenvalue weighted by molar-refractivity contribution is 0.178.